The van der Waals surface area contributed by atoms with Crippen molar-refractivity contribution in [3.05, 3.63) is 58.7 Å². The van der Waals surface area contributed by atoms with E-state index >= 15 is 0 Å². The molecule has 0 spiro atoms. The molecule has 55 heavy (non-hydrogen) atoms. The van der Waals surface area contributed by atoms with Gasteiger partial charge in [-0.2, -0.15) is 0 Å². The van der Waals surface area contributed by atoms with E-state index in [1.807, 2.05) is 0 Å². The van der Waals surface area contributed by atoms with Crippen molar-refractivity contribution in [2.24, 2.45) is 0 Å². The third kappa shape index (κ3) is 12.9. The summed E-state index contributed by atoms with van der Waals surface area (Å²) in [6.45, 7) is 0.456. The quantitative estimate of drug-likeness (QED) is 0.0820. The zero-order valence-electron chi connectivity index (χ0n) is 30.8. The van der Waals surface area contributed by atoms with Crippen LogP contribution in [-0.2, 0) is 66.4 Å². The third-order valence-electron chi connectivity index (χ3n) is 8.04. The average molecular weight is 769 g/mol. The van der Waals surface area contributed by atoms with Crippen LogP contribution >= 0.6 is 0 Å². The van der Waals surface area contributed by atoms with Gasteiger partial charge in [-0.15, -0.1) is 12.8 Å². The lowest BCUT2D eigenvalue weighted by Gasteiger charge is -2.44. The number of hydrogen-bond donors (Lipinski definition) is 0. The minimum atomic E-state index is -1.59. The second-order valence-electron chi connectivity index (χ2n) is 11.9. The van der Waals surface area contributed by atoms with E-state index in [1.54, 1.807) is 19.2 Å². The Morgan fingerprint density at radius 3 is 1.62 bits per heavy atom. The van der Waals surface area contributed by atoms with Gasteiger partial charge in [0.15, 0.2) is 24.6 Å². The molecule has 16 nitrogen and oxygen atoms in total. The molecule has 2 aliphatic heterocycles. The van der Waals surface area contributed by atoms with E-state index in [0.29, 0.717) is 48.7 Å². The van der Waals surface area contributed by atoms with Crippen molar-refractivity contribution in [3.8, 4) is 35.8 Å². The van der Waals surface area contributed by atoms with Crippen molar-refractivity contribution >= 4 is 23.9 Å². The van der Waals surface area contributed by atoms with Crippen LogP contribution in [0.15, 0.2) is 36.4 Å². The second kappa shape index (κ2) is 22.5. The topological polar surface area (TPSA) is 179 Å². The van der Waals surface area contributed by atoms with E-state index < -0.39 is 74.4 Å². The average Bonchev–Trinajstić information content (AvgIpc) is 3.19. The number of benzene rings is 2. The number of ether oxygens (including phenoxy) is 12. The van der Waals surface area contributed by atoms with Gasteiger partial charge >= 0.3 is 23.9 Å². The Labute approximate surface area is 318 Å². The lowest BCUT2D eigenvalue weighted by Crippen LogP contribution is -2.63. The zero-order chi connectivity index (χ0) is 39.6. The van der Waals surface area contributed by atoms with Gasteiger partial charge in [-0.3, -0.25) is 0 Å². The molecule has 5 atom stereocenters. The Bertz CT molecular complexity index is 1690. The molecular formula is C39H44O16. The van der Waals surface area contributed by atoms with Crippen LogP contribution in [0.1, 0.15) is 31.8 Å². The predicted octanol–water partition coefficient (Wildman–Crippen LogP) is 1.57. The van der Waals surface area contributed by atoms with Gasteiger partial charge in [-0.1, -0.05) is 11.8 Å². The first-order chi connectivity index (χ1) is 26.7. The first-order valence-corrected chi connectivity index (χ1v) is 17.2. The molecule has 16 heteroatoms. The molecule has 4 rings (SSSR count). The Balaban J connectivity index is 1.63. The molecule has 0 N–H and O–H groups in total. The molecule has 0 saturated carbocycles. The summed E-state index contributed by atoms with van der Waals surface area (Å²) in [7, 11) is 4.34. The van der Waals surface area contributed by atoms with Gasteiger partial charge in [-0.25, -0.2) is 19.2 Å². The fraction of sp³-hybridized carbons (Fsp3) is 0.487. The number of carbonyl (C=O) groups excluding carboxylic acids is 4. The SMILES string of the molecule is C#Cc1cc2cc(c1)-c1cc(C#C)cc(c1)C(=O)O[C@H]1[C@@H](OC)O[C@H](COC(=O)COCCOCCOC)[C@@H](OC(=O)COCCOCCOC)[C@@H]1OC2=O. The summed E-state index contributed by atoms with van der Waals surface area (Å²) in [5, 5.41) is 0. The van der Waals surface area contributed by atoms with Crippen LogP contribution in [-0.4, -0.2) is 149 Å². The first-order valence-electron chi connectivity index (χ1n) is 17.2. The van der Waals surface area contributed by atoms with E-state index in [1.165, 1.54) is 38.5 Å². The summed E-state index contributed by atoms with van der Waals surface area (Å²) in [5.74, 6) is 1.52. The van der Waals surface area contributed by atoms with Crippen LogP contribution in [0, 0.1) is 24.7 Å². The lowest BCUT2D eigenvalue weighted by molar-refractivity contribution is -0.296. The maximum atomic E-state index is 13.9. The molecule has 2 aromatic carbocycles. The van der Waals surface area contributed by atoms with Crippen LogP contribution < -0.4 is 0 Å². The number of terminal acetylenes is 2. The fourth-order valence-corrected chi connectivity index (χ4v) is 5.42. The maximum Gasteiger partial charge on any atom is 0.338 e. The molecule has 0 radical (unpaired) electrons. The highest BCUT2D eigenvalue weighted by molar-refractivity contribution is 5.94. The fourth-order valence-electron chi connectivity index (χ4n) is 5.42. The number of esters is 4. The second-order valence-corrected chi connectivity index (χ2v) is 11.9. The molecular weight excluding hydrogens is 724 g/mol. The molecule has 4 bridgehead atoms. The zero-order valence-corrected chi connectivity index (χ0v) is 30.8. The van der Waals surface area contributed by atoms with Crippen molar-refractivity contribution in [3.63, 3.8) is 0 Å². The molecule has 2 aliphatic rings. The Morgan fingerprint density at radius 1 is 0.636 bits per heavy atom. The summed E-state index contributed by atoms with van der Waals surface area (Å²) in [6.07, 6.45) is 4.04. The monoisotopic (exact) mass is 768 g/mol. The largest absolute Gasteiger partial charge is 0.461 e. The summed E-state index contributed by atoms with van der Waals surface area (Å²) in [6, 6.07) is 9.21. The summed E-state index contributed by atoms with van der Waals surface area (Å²) in [4.78, 5) is 53.6. The van der Waals surface area contributed by atoms with E-state index in [-0.39, 0.29) is 37.6 Å². The minimum absolute atomic E-state index is 0.0254. The van der Waals surface area contributed by atoms with Gasteiger partial charge in [0.2, 0.25) is 0 Å². The highest BCUT2D eigenvalue weighted by atomic mass is 16.7. The summed E-state index contributed by atoms with van der Waals surface area (Å²) in [5.41, 5.74) is 1.69. The Hall–Kier alpha value is -4.88. The number of fused-ring (bicyclic) bond motifs is 6. The van der Waals surface area contributed by atoms with Gasteiger partial charge < -0.3 is 56.8 Å². The van der Waals surface area contributed by atoms with E-state index in [4.69, 9.17) is 69.7 Å². The highest BCUT2D eigenvalue weighted by Gasteiger charge is 2.53. The smallest absolute Gasteiger partial charge is 0.338 e. The number of carbonyl (C=O) groups is 4. The number of methoxy groups -OCH3 is 3. The van der Waals surface area contributed by atoms with Gasteiger partial charge in [0.05, 0.1) is 64.0 Å². The number of hydrogen-bond acceptors (Lipinski definition) is 16. The van der Waals surface area contributed by atoms with E-state index in [9.17, 15) is 19.2 Å². The van der Waals surface area contributed by atoms with Gasteiger partial charge in [0.25, 0.3) is 0 Å². The number of rotatable bonds is 20. The van der Waals surface area contributed by atoms with Crippen LogP contribution in [0.4, 0.5) is 0 Å². The minimum Gasteiger partial charge on any atom is -0.461 e. The molecule has 2 heterocycles. The van der Waals surface area contributed by atoms with Crippen LogP contribution in [0.2, 0.25) is 0 Å². The highest BCUT2D eigenvalue weighted by Crippen LogP contribution is 2.33. The van der Waals surface area contributed by atoms with E-state index in [0.717, 1.165) is 0 Å². The van der Waals surface area contributed by atoms with Crippen molar-refractivity contribution in [2.45, 2.75) is 30.7 Å². The molecule has 0 aromatic heterocycles. The first kappa shape index (κ1) is 42.9. The van der Waals surface area contributed by atoms with Crippen molar-refractivity contribution < 1.29 is 76.0 Å². The standard InChI is InChI=1S/C39H44O16/c1-6-25-16-27-20-29(18-25)37(42)54-35-34(53-33(41)24-50-15-13-48-11-9-45-4)31(22-51-32(40)23-49-14-12-47-10-8-44-3)52-39(46-5)36(35)55-38(43)30-19-26(7-2)17-28(27)21-30/h1-2,16-21,31,34-36,39H,8-15,22-24H2,3-5H3/t31-,34-,35+,36-,39+/m1/s1. The third-order valence-corrected chi connectivity index (χ3v) is 8.04. The van der Waals surface area contributed by atoms with Gasteiger partial charge in [0, 0.05) is 32.5 Å². The molecule has 296 valence electrons. The van der Waals surface area contributed by atoms with Crippen molar-refractivity contribution in [1.29, 1.82) is 0 Å². The summed E-state index contributed by atoms with van der Waals surface area (Å²) < 4.78 is 65.9. The Morgan fingerprint density at radius 2 is 1.11 bits per heavy atom. The van der Waals surface area contributed by atoms with Crippen LogP contribution in [0.25, 0.3) is 11.1 Å². The van der Waals surface area contributed by atoms with E-state index in [2.05, 4.69) is 11.8 Å². The molecule has 0 amide bonds. The lowest BCUT2D eigenvalue weighted by atomic mass is 9.95. The molecule has 1 fully saturated rings. The van der Waals surface area contributed by atoms with Crippen LogP contribution in [0.5, 0.6) is 0 Å². The van der Waals surface area contributed by atoms with Crippen molar-refractivity contribution in [2.75, 3.05) is 94.0 Å². The van der Waals surface area contributed by atoms with Crippen LogP contribution in [0.3, 0.4) is 0 Å². The predicted molar refractivity (Wildman–Crippen MR) is 190 cm³/mol. The Kier molecular flexibility index (Phi) is 17.5. The molecule has 0 aliphatic carbocycles. The normalized spacial score (nSPS) is 20.3. The summed E-state index contributed by atoms with van der Waals surface area (Å²) >= 11 is 0. The van der Waals surface area contributed by atoms with Gasteiger partial charge in [-0.05, 0) is 47.5 Å². The maximum absolute atomic E-state index is 13.9. The molecule has 2 aromatic rings. The molecule has 0 unspecified atom stereocenters. The molecule has 1 saturated heterocycles. The van der Waals surface area contributed by atoms with Crippen molar-refractivity contribution in [1.82, 2.24) is 0 Å². The van der Waals surface area contributed by atoms with Gasteiger partial charge in [0.1, 0.15) is 25.9 Å².